The number of fused-ring (bicyclic) bond motifs is 1. The number of hydrogen-bond acceptors (Lipinski definition) is 17. The second-order valence-corrected chi connectivity index (χ2v) is 10.4. The van der Waals surface area contributed by atoms with E-state index in [4.69, 9.17) is 23.4 Å². The van der Waals surface area contributed by atoms with Crippen molar-refractivity contribution in [3.63, 3.8) is 0 Å². The highest BCUT2D eigenvalue weighted by Crippen LogP contribution is 2.41. The summed E-state index contributed by atoms with van der Waals surface area (Å²) < 4.78 is 27.2. The van der Waals surface area contributed by atoms with Crippen molar-refractivity contribution in [3.05, 3.63) is 40.6 Å². The van der Waals surface area contributed by atoms with Crippen LogP contribution < -0.4 is 10.2 Å². The molecule has 0 saturated carbocycles. The molecule has 0 spiro atoms. The predicted molar refractivity (Wildman–Crippen MR) is 141 cm³/mol. The van der Waals surface area contributed by atoms with E-state index in [9.17, 15) is 61.0 Å². The summed E-state index contributed by atoms with van der Waals surface area (Å²) in [7, 11) is 0. The fourth-order valence-electron chi connectivity index (χ4n) is 4.98. The smallest absolute Gasteiger partial charge is 0.338 e. The number of rotatable bonds is 7. The summed E-state index contributed by atoms with van der Waals surface area (Å²) in [5.41, 5.74) is -1.46. The summed E-state index contributed by atoms with van der Waals surface area (Å²) in [6.45, 7) is -1.62. The Morgan fingerprint density at radius 1 is 0.909 bits per heavy atom. The molecule has 1 aromatic heterocycles. The lowest BCUT2D eigenvalue weighted by molar-refractivity contribution is -0.516. The van der Waals surface area contributed by atoms with Crippen molar-refractivity contribution in [2.45, 2.75) is 61.4 Å². The SMILES string of the molecule is O=c1c(OC2OC(CO)C(OC3(O)OC(CO)CCC3(O)O)C(O)C2O)c(-c2ccc(O)c(O)c2)oc2cc(O)cc(O)c12. The molecule has 7 unspecified atom stereocenters. The Bertz CT molecular complexity index is 1580. The highest BCUT2D eigenvalue weighted by molar-refractivity contribution is 5.88. The number of ether oxygens (including phenoxy) is 4. The number of benzene rings is 2. The number of hydrogen-bond donors (Lipinski definition) is 11. The van der Waals surface area contributed by atoms with Gasteiger partial charge in [0, 0.05) is 24.1 Å². The van der Waals surface area contributed by atoms with Crippen LogP contribution in [0.25, 0.3) is 22.3 Å². The van der Waals surface area contributed by atoms with Gasteiger partial charge in [0.05, 0.1) is 19.3 Å². The Kier molecular flexibility index (Phi) is 8.37. The van der Waals surface area contributed by atoms with E-state index in [2.05, 4.69) is 0 Å². The van der Waals surface area contributed by atoms with Gasteiger partial charge in [0.25, 0.3) is 0 Å². The maximum Gasteiger partial charge on any atom is 0.338 e. The normalized spacial score (nSPS) is 30.3. The molecule has 2 aromatic carbocycles. The van der Waals surface area contributed by atoms with Crippen LogP contribution in [0.4, 0.5) is 0 Å². The molecule has 44 heavy (non-hydrogen) atoms. The molecule has 7 atom stereocenters. The number of aliphatic hydroxyl groups excluding tert-OH is 4. The Morgan fingerprint density at radius 3 is 2.30 bits per heavy atom. The molecule has 2 fully saturated rings. The molecule has 2 aliphatic heterocycles. The van der Waals surface area contributed by atoms with Gasteiger partial charge >= 0.3 is 5.97 Å². The maximum absolute atomic E-state index is 13.6. The molecule has 0 bridgehead atoms. The van der Waals surface area contributed by atoms with Crippen molar-refractivity contribution in [1.82, 2.24) is 0 Å². The molecule has 5 rings (SSSR count). The molecule has 0 aliphatic carbocycles. The zero-order valence-electron chi connectivity index (χ0n) is 22.5. The van der Waals surface area contributed by atoms with Crippen LogP contribution in [-0.2, 0) is 14.2 Å². The zero-order valence-corrected chi connectivity index (χ0v) is 22.5. The van der Waals surface area contributed by atoms with Gasteiger partial charge < -0.3 is 79.5 Å². The lowest BCUT2D eigenvalue weighted by Gasteiger charge is -2.49. The van der Waals surface area contributed by atoms with Crippen LogP contribution in [0, 0.1) is 0 Å². The molecule has 3 aromatic rings. The van der Waals surface area contributed by atoms with E-state index in [-0.39, 0.29) is 17.6 Å². The molecular formula is C27H30O17. The third-order valence-electron chi connectivity index (χ3n) is 7.36. The Labute approximate surface area is 246 Å². The maximum atomic E-state index is 13.6. The fraction of sp³-hybridized carbons (Fsp3) is 0.444. The summed E-state index contributed by atoms with van der Waals surface area (Å²) in [6.07, 6.45) is -11.6. The molecule has 0 amide bonds. The van der Waals surface area contributed by atoms with Gasteiger partial charge in [0.2, 0.25) is 23.3 Å². The van der Waals surface area contributed by atoms with Gasteiger partial charge in [-0.25, -0.2) is 0 Å². The number of phenolic OH excluding ortho intramolecular Hbond substituents is 4. The second-order valence-electron chi connectivity index (χ2n) is 10.4. The van der Waals surface area contributed by atoms with E-state index in [1.807, 2.05) is 0 Å². The molecule has 2 saturated heterocycles. The largest absolute Gasteiger partial charge is 0.508 e. The topological polar surface area (TPSA) is 290 Å². The van der Waals surface area contributed by atoms with Gasteiger partial charge in [-0.05, 0) is 24.6 Å². The average Bonchev–Trinajstić information content (AvgIpc) is 2.96. The second kappa shape index (κ2) is 11.6. The number of aliphatic hydroxyl groups is 7. The summed E-state index contributed by atoms with van der Waals surface area (Å²) in [4.78, 5) is 13.6. The van der Waals surface area contributed by atoms with Gasteiger partial charge in [-0.3, -0.25) is 4.79 Å². The van der Waals surface area contributed by atoms with E-state index in [0.717, 1.165) is 24.3 Å². The quantitative estimate of drug-likeness (QED) is 0.0997. The van der Waals surface area contributed by atoms with Gasteiger partial charge in [-0.2, -0.15) is 0 Å². The first kappa shape index (κ1) is 31.7. The van der Waals surface area contributed by atoms with Crippen LogP contribution in [0.2, 0.25) is 0 Å². The van der Waals surface area contributed by atoms with Gasteiger partial charge in [0.1, 0.15) is 46.9 Å². The number of phenols is 4. The van der Waals surface area contributed by atoms with Gasteiger partial charge in [-0.1, -0.05) is 0 Å². The molecule has 17 nitrogen and oxygen atoms in total. The first-order chi connectivity index (χ1) is 20.7. The van der Waals surface area contributed by atoms with Crippen LogP contribution in [0.15, 0.2) is 39.5 Å². The van der Waals surface area contributed by atoms with Crippen molar-refractivity contribution >= 4 is 11.0 Å². The number of aromatic hydroxyl groups is 4. The lowest BCUT2D eigenvalue weighted by Crippen LogP contribution is -2.69. The van der Waals surface area contributed by atoms with Crippen LogP contribution in [0.5, 0.6) is 28.7 Å². The Hall–Kier alpha value is -3.75. The fourth-order valence-corrected chi connectivity index (χ4v) is 4.98. The monoisotopic (exact) mass is 626 g/mol. The van der Waals surface area contributed by atoms with Crippen LogP contribution in [0.3, 0.4) is 0 Å². The molecule has 2 aliphatic rings. The van der Waals surface area contributed by atoms with Crippen LogP contribution in [0.1, 0.15) is 12.8 Å². The minimum atomic E-state index is -3.26. The van der Waals surface area contributed by atoms with Gasteiger partial charge in [-0.15, -0.1) is 0 Å². The van der Waals surface area contributed by atoms with E-state index < -0.39 is 114 Å². The first-order valence-electron chi connectivity index (χ1n) is 13.2. The summed E-state index contributed by atoms with van der Waals surface area (Å²) in [5, 5.41) is 112. The first-order valence-corrected chi connectivity index (χ1v) is 13.2. The average molecular weight is 627 g/mol. The predicted octanol–water partition coefficient (Wildman–Crippen LogP) is -2.02. The van der Waals surface area contributed by atoms with Crippen molar-refractivity contribution in [2.24, 2.45) is 0 Å². The summed E-state index contributed by atoms with van der Waals surface area (Å²) in [5.74, 6) is -9.85. The van der Waals surface area contributed by atoms with E-state index in [0.29, 0.717) is 0 Å². The minimum absolute atomic E-state index is 0.0692. The standard InChI is InChI=1S/C27H30O17/c28-8-12-3-4-26(37,38)27(39,43-12)44-23-17(9-29)41-25(21(36)20(23)35)42-24-19(34)18-15(33)6-11(30)7-16(18)40-22(24)10-1-2-13(31)14(32)5-10/h1-2,5-7,12,17,20-21,23,25,28-33,35-39H,3-4,8-9H2. The lowest BCUT2D eigenvalue weighted by atomic mass is 9.97. The minimum Gasteiger partial charge on any atom is -0.508 e. The molecular weight excluding hydrogens is 596 g/mol. The summed E-state index contributed by atoms with van der Waals surface area (Å²) >= 11 is 0. The van der Waals surface area contributed by atoms with Crippen molar-refractivity contribution < 1.29 is 79.5 Å². The van der Waals surface area contributed by atoms with E-state index in [1.165, 1.54) is 6.07 Å². The molecule has 240 valence electrons. The van der Waals surface area contributed by atoms with E-state index >= 15 is 0 Å². The third-order valence-corrected chi connectivity index (χ3v) is 7.36. The van der Waals surface area contributed by atoms with Crippen LogP contribution in [-0.4, -0.2) is 118 Å². The van der Waals surface area contributed by atoms with Crippen molar-refractivity contribution in [1.29, 1.82) is 0 Å². The molecule has 11 N–H and O–H groups in total. The molecule has 0 radical (unpaired) electrons. The zero-order chi connectivity index (χ0) is 32.1. The highest BCUT2D eigenvalue weighted by Gasteiger charge is 2.60. The third kappa shape index (κ3) is 5.50. The van der Waals surface area contributed by atoms with Crippen LogP contribution >= 0.6 is 0 Å². The Balaban J connectivity index is 1.52. The molecule has 17 heteroatoms. The molecule has 3 heterocycles. The van der Waals surface area contributed by atoms with E-state index in [1.54, 1.807) is 0 Å². The Morgan fingerprint density at radius 2 is 1.64 bits per heavy atom. The highest BCUT2D eigenvalue weighted by atomic mass is 16.9. The summed E-state index contributed by atoms with van der Waals surface area (Å²) in [6, 6.07) is 5.10. The van der Waals surface area contributed by atoms with Crippen molar-refractivity contribution in [2.75, 3.05) is 13.2 Å². The van der Waals surface area contributed by atoms with Crippen molar-refractivity contribution in [3.8, 4) is 40.1 Å². The van der Waals surface area contributed by atoms with Gasteiger partial charge in [0.15, 0.2) is 17.3 Å².